The molecule has 7 nitrogen and oxygen atoms in total. The first-order chi connectivity index (χ1) is 11.3. The lowest BCUT2D eigenvalue weighted by molar-refractivity contribution is -0.0298. The Morgan fingerprint density at radius 1 is 1.39 bits per heavy atom. The van der Waals surface area contributed by atoms with Gasteiger partial charge >= 0.3 is 0 Å². The summed E-state index contributed by atoms with van der Waals surface area (Å²) in [6.07, 6.45) is 8.55. The van der Waals surface area contributed by atoms with E-state index in [1.165, 1.54) is 6.42 Å². The van der Waals surface area contributed by atoms with E-state index in [0.29, 0.717) is 5.92 Å². The molecular formula is C16H25N5O2. The molecule has 1 saturated heterocycles. The standard InChI is InChI=1S/C16H25N5O2/c1-2-12(9-22)6-7-17-15-14-16(19-10-18-15)21(11-20-14)13-5-3-4-8-23-13/h10-13,22H,2-9H2,1H3,(H,17,18,19). The average Bonchev–Trinajstić information content (AvgIpc) is 3.04. The third-order valence-corrected chi connectivity index (χ3v) is 4.51. The van der Waals surface area contributed by atoms with Crippen LogP contribution < -0.4 is 5.32 Å². The lowest BCUT2D eigenvalue weighted by atomic mass is 10.0. The van der Waals surface area contributed by atoms with Crippen LogP contribution >= 0.6 is 0 Å². The maximum absolute atomic E-state index is 9.26. The van der Waals surface area contributed by atoms with Crippen molar-refractivity contribution in [2.75, 3.05) is 25.1 Å². The highest BCUT2D eigenvalue weighted by molar-refractivity contribution is 5.82. The first kappa shape index (κ1) is 16.1. The van der Waals surface area contributed by atoms with E-state index >= 15 is 0 Å². The Balaban J connectivity index is 1.73. The molecule has 0 radical (unpaired) electrons. The summed E-state index contributed by atoms with van der Waals surface area (Å²) in [4.78, 5) is 13.2. The number of nitrogens with zero attached hydrogens (tertiary/aromatic N) is 4. The maximum atomic E-state index is 9.26. The van der Waals surface area contributed by atoms with E-state index in [0.717, 1.165) is 55.8 Å². The molecule has 1 fully saturated rings. The minimum absolute atomic E-state index is 0.0235. The van der Waals surface area contributed by atoms with Gasteiger partial charge in [-0.3, -0.25) is 4.57 Å². The van der Waals surface area contributed by atoms with Gasteiger partial charge in [-0.05, 0) is 31.6 Å². The van der Waals surface area contributed by atoms with Crippen LogP contribution in [0.3, 0.4) is 0 Å². The number of hydrogen-bond donors (Lipinski definition) is 2. The molecule has 2 aromatic heterocycles. The Kier molecular flexibility index (Phi) is 5.40. The summed E-state index contributed by atoms with van der Waals surface area (Å²) in [5.74, 6) is 1.07. The summed E-state index contributed by atoms with van der Waals surface area (Å²) in [6.45, 7) is 3.87. The number of nitrogens with one attached hydrogen (secondary N) is 1. The molecule has 3 heterocycles. The SMILES string of the molecule is CCC(CO)CCNc1ncnc2c1ncn2C1CCCCO1. The van der Waals surface area contributed by atoms with E-state index in [1.54, 1.807) is 12.7 Å². The highest BCUT2D eigenvalue weighted by Gasteiger charge is 2.20. The zero-order chi connectivity index (χ0) is 16.1. The number of imidazole rings is 1. The number of aliphatic hydroxyl groups is 1. The Bertz CT molecular complexity index is 620. The zero-order valence-electron chi connectivity index (χ0n) is 13.6. The van der Waals surface area contributed by atoms with Gasteiger partial charge in [-0.15, -0.1) is 0 Å². The third-order valence-electron chi connectivity index (χ3n) is 4.51. The van der Waals surface area contributed by atoms with Crippen LogP contribution in [0.4, 0.5) is 5.82 Å². The predicted molar refractivity (Wildman–Crippen MR) is 88.1 cm³/mol. The van der Waals surface area contributed by atoms with E-state index in [4.69, 9.17) is 4.74 Å². The quantitative estimate of drug-likeness (QED) is 0.815. The van der Waals surface area contributed by atoms with Crippen LogP contribution in [0, 0.1) is 5.92 Å². The first-order valence-electron chi connectivity index (χ1n) is 8.47. The zero-order valence-corrected chi connectivity index (χ0v) is 13.6. The van der Waals surface area contributed by atoms with E-state index in [2.05, 4.69) is 27.2 Å². The van der Waals surface area contributed by atoms with Crippen molar-refractivity contribution in [3.05, 3.63) is 12.7 Å². The van der Waals surface area contributed by atoms with Gasteiger partial charge in [0.25, 0.3) is 0 Å². The monoisotopic (exact) mass is 319 g/mol. The minimum Gasteiger partial charge on any atom is -0.396 e. The van der Waals surface area contributed by atoms with Gasteiger partial charge in [0.15, 0.2) is 17.0 Å². The number of rotatable bonds is 7. The van der Waals surface area contributed by atoms with Crippen molar-refractivity contribution in [3.8, 4) is 0 Å². The van der Waals surface area contributed by atoms with Gasteiger partial charge < -0.3 is 15.2 Å². The van der Waals surface area contributed by atoms with E-state index in [1.807, 2.05) is 4.57 Å². The number of fused-ring (bicyclic) bond motifs is 1. The van der Waals surface area contributed by atoms with E-state index < -0.39 is 0 Å². The second kappa shape index (κ2) is 7.70. The summed E-state index contributed by atoms with van der Waals surface area (Å²) in [5, 5.41) is 12.6. The minimum atomic E-state index is 0.0235. The van der Waals surface area contributed by atoms with Crippen molar-refractivity contribution >= 4 is 17.0 Å². The van der Waals surface area contributed by atoms with Crippen LogP contribution in [0.25, 0.3) is 11.2 Å². The molecule has 2 unspecified atom stereocenters. The van der Waals surface area contributed by atoms with Crippen LogP contribution in [0.15, 0.2) is 12.7 Å². The van der Waals surface area contributed by atoms with Gasteiger partial charge in [-0.1, -0.05) is 13.3 Å². The Morgan fingerprint density at radius 3 is 3.04 bits per heavy atom. The Labute approximate surface area is 136 Å². The molecule has 0 bridgehead atoms. The van der Waals surface area contributed by atoms with Gasteiger partial charge in [-0.25, -0.2) is 15.0 Å². The molecule has 0 aromatic carbocycles. The Morgan fingerprint density at radius 2 is 2.30 bits per heavy atom. The second-order valence-electron chi connectivity index (χ2n) is 6.04. The molecule has 126 valence electrons. The number of aliphatic hydroxyl groups excluding tert-OH is 1. The second-order valence-corrected chi connectivity index (χ2v) is 6.04. The summed E-state index contributed by atoms with van der Waals surface area (Å²) >= 11 is 0. The average molecular weight is 319 g/mol. The van der Waals surface area contributed by atoms with Crippen LogP contribution in [-0.4, -0.2) is 44.4 Å². The Hall–Kier alpha value is -1.73. The lowest BCUT2D eigenvalue weighted by Gasteiger charge is -2.23. The molecule has 2 N–H and O–H groups in total. The molecule has 0 spiro atoms. The van der Waals surface area contributed by atoms with Gasteiger partial charge in [0.1, 0.15) is 12.6 Å². The fourth-order valence-electron chi connectivity index (χ4n) is 2.95. The number of aromatic nitrogens is 4. The highest BCUT2D eigenvalue weighted by atomic mass is 16.5. The molecule has 0 amide bonds. The van der Waals surface area contributed by atoms with E-state index in [-0.39, 0.29) is 12.8 Å². The van der Waals surface area contributed by atoms with Crippen molar-refractivity contribution < 1.29 is 9.84 Å². The largest absolute Gasteiger partial charge is 0.396 e. The molecule has 1 aliphatic rings. The van der Waals surface area contributed by atoms with Crippen LogP contribution in [0.5, 0.6) is 0 Å². The maximum Gasteiger partial charge on any atom is 0.167 e. The fourth-order valence-corrected chi connectivity index (χ4v) is 2.95. The summed E-state index contributed by atoms with van der Waals surface area (Å²) in [5.41, 5.74) is 1.59. The topological polar surface area (TPSA) is 85.1 Å². The van der Waals surface area contributed by atoms with Gasteiger partial charge in [0, 0.05) is 19.8 Å². The lowest BCUT2D eigenvalue weighted by Crippen LogP contribution is -2.17. The molecule has 7 heteroatoms. The summed E-state index contributed by atoms with van der Waals surface area (Å²) in [6, 6.07) is 0. The molecule has 2 atom stereocenters. The van der Waals surface area contributed by atoms with Crippen LogP contribution in [0.2, 0.25) is 0 Å². The molecule has 0 aliphatic carbocycles. The normalized spacial score (nSPS) is 19.8. The van der Waals surface area contributed by atoms with Crippen molar-refractivity contribution in [2.45, 2.75) is 45.3 Å². The third kappa shape index (κ3) is 3.61. The summed E-state index contributed by atoms with van der Waals surface area (Å²) < 4.78 is 7.83. The highest BCUT2D eigenvalue weighted by Crippen LogP contribution is 2.27. The molecule has 23 heavy (non-hydrogen) atoms. The van der Waals surface area contributed by atoms with E-state index in [9.17, 15) is 5.11 Å². The predicted octanol–water partition coefficient (Wildman–Crippen LogP) is 2.35. The molecule has 1 aliphatic heterocycles. The van der Waals surface area contributed by atoms with Gasteiger partial charge in [-0.2, -0.15) is 0 Å². The van der Waals surface area contributed by atoms with Crippen molar-refractivity contribution in [1.82, 2.24) is 19.5 Å². The first-order valence-corrected chi connectivity index (χ1v) is 8.47. The molecule has 2 aromatic rings. The smallest absolute Gasteiger partial charge is 0.167 e. The van der Waals surface area contributed by atoms with Crippen molar-refractivity contribution in [3.63, 3.8) is 0 Å². The van der Waals surface area contributed by atoms with Gasteiger partial charge in [0.2, 0.25) is 0 Å². The van der Waals surface area contributed by atoms with Crippen molar-refractivity contribution in [1.29, 1.82) is 0 Å². The number of anilines is 1. The van der Waals surface area contributed by atoms with Crippen molar-refractivity contribution in [2.24, 2.45) is 5.92 Å². The van der Waals surface area contributed by atoms with Gasteiger partial charge in [0.05, 0.1) is 6.33 Å². The van der Waals surface area contributed by atoms with Crippen LogP contribution in [-0.2, 0) is 4.74 Å². The summed E-state index contributed by atoms with van der Waals surface area (Å²) in [7, 11) is 0. The number of hydrogen-bond acceptors (Lipinski definition) is 6. The fraction of sp³-hybridized carbons (Fsp3) is 0.688. The molecule has 0 saturated carbocycles. The molecule has 3 rings (SSSR count). The van der Waals surface area contributed by atoms with Crippen LogP contribution in [0.1, 0.15) is 45.3 Å². The molecular weight excluding hydrogens is 294 g/mol. The number of ether oxygens (including phenoxy) is 1.